The summed E-state index contributed by atoms with van der Waals surface area (Å²) in [5.74, 6) is 0.805. The van der Waals surface area contributed by atoms with E-state index in [4.69, 9.17) is 0 Å². The normalized spacial score (nSPS) is 10.9. The first-order valence-corrected chi connectivity index (χ1v) is 10.7. The Morgan fingerprint density at radius 2 is 1.72 bits per heavy atom. The van der Waals surface area contributed by atoms with Gasteiger partial charge in [0, 0.05) is 17.9 Å². The molecule has 0 aliphatic heterocycles. The topological polar surface area (TPSA) is 72.7 Å². The molecule has 0 aliphatic rings. The number of thioether (sulfide) groups is 1. The van der Waals surface area contributed by atoms with Crippen molar-refractivity contribution >= 4 is 23.4 Å². The standard InChI is InChI=1S/C22H27N5OS/c1-14-8-9-16(3)19(13-14)27-22(24-25-26-27)29-10-6-7-20(28)23-21-17(4)11-15(2)12-18(21)5/h8-9,11-13H,6-7,10H2,1-5H3,(H,23,28). The number of benzene rings is 2. The van der Waals surface area contributed by atoms with Crippen LogP contribution in [-0.4, -0.2) is 31.9 Å². The van der Waals surface area contributed by atoms with Gasteiger partial charge in [0.1, 0.15) is 0 Å². The van der Waals surface area contributed by atoms with Crippen LogP contribution in [0.1, 0.15) is 40.7 Å². The number of anilines is 1. The van der Waals surface area contributed by atoms with Crippen molar-refractivity contribution in [2.45, 2.75) is 52.6 Å². The molecule has 0 saturated heterocycles. The summed E-state index contributed by atoms with van der Waals surface area (Å²) in [6, 6.07) is 10.4. The molecule has 0 fully saturated rings. The first-order chi connectivity index (χ1) is 13.8. The molecule has 1 heterocycles. The minimum absolute atomic E-state index is 0.0368. The van der Waals surface area contributed by atoms with Gasteiger partial charge in [0.05, 0.1) is 5.69 Å². The number of nitrogens with zero attached hydrogens (tertiary/aromatic N) is 4. The zero-order valence-electron chi connectivity index (χ0n) is 17.6. The predicted octanol–water partition coefficient (Wildman–Crippen LogP) is 4.72. The van der Waals surface area contributed by atoms with Gasteiger partial charge in [-0.05, 0) is 79.8 Å². The molecule has 0 radical (unpaired) electrons. The zero-order chi connectivity index (χ0) is 21.0. The van der Waals surface area contributed by atoms with Gasteiger partial charge >= 0.3 is 0 Å². The Kier molecular flexibility index (Phi) is 6.69. The Labute approximate surface area is 176 Å². The van der Waals surface area contributed by atoms with Gasteiger partial charge in [-0.25, -0.2) is 0 Å². The van der Waals surface area contributed by atoms with E-state index in [2.05, 4.69) is 65.0 Å². The third kappa shape index (κ3) is 5.23. The van der Waals surface area contributed by atoms with Gasteiger partial charge in [-0.15, -0.1) is 5.10 Å². The van der Waals surface area contributed by atoms with Crippen molar-refractivity contribution in [3.05, 3.63) is 58.1 Å². The summed E-state index contributed by atoms with van der Waals surface area (Å²) in [4.78, 5) is 12.4. The lowest BCUT2D eigenvalue weighted by Gasteiger charge is -2.13. The van der Waals surface area contributed by atoms with E-state index in [1.807, 2.05) is 20.8 Å². The molecular formula is C22H27N5OS. The Bertz CT molecular complexity index is 1000. The van der Waals surface area contributed by atoms with E-state index in [1.54, 1.807) is 16.4 Å². The molecule has 6 nitrogen and oxygen atoms in total. The quantitative estimate of drug-likeness (QED) is 0.452. The second-order valence-electron chi connectivity index (χ2n) is 7.44. The van der Waals surface area contributed by atoms with Crippen LogP contribution < -0.4 is 5.32 Å². The molecule has 3 aromatic rings. The van der Waals surface area contributed by atoms with Crippen molar-refractivity contribution in [2.24, 2.45) is 0 Å². The average Bonchev–Trinajstić information content (AvgIpc) is 3.12. The molecule has 0 saturated carbocycles. The Morgan fingerprint density at radius 1 is 1.00 bits per heavy atom. The molecule has 1 amide bonds. The molecule has 0 bridgehead atoms. The van der Waals surface area contributed by atoms with Crippen LogP contribution in [0.25, 0.3) is 5.69 Å². The lowest BCUT2D eigenvalue weighted by Crippen LogP contribution is -2.13. The van der Waals surface area contributed by atoms with E-state index in [1.165, 1.54) is 5.56 Å². The van der Waals surface area contributed by atoms with Crippen LogP contribution in [0.15, 0.2) is 35.5 Å². The minimum atomic E-state index is 0.0368. The Morgan fingerprint density at radius 3 is 2.45 bits per heavy atom. The summed E-state index contributed by atoms with van der Waals surface area (Å²) in [5, 5.41) is 15.9. The molecule has 2 aromatic carbocycles. The van der Waals surface area contributed by atoms with Crippen molar-refractivity contribution in [2.75, 3.05) is 11.1 Å². The first-order valence-electron chi connectivity index (χ1n) is 9.71. The van der Waals surface area contributed by atoms with Gasteiger partial charge < -0.3 is 5.32 Å². The number of rotatable bonds is 7. The van der Waals surface area contributed by atoms with Gasteiger partial charge in [-0.3, -0.25) is 4.79 Å². The molecule has 152 valence electrons. The van der Waals surface area contributed by atoms with E-state index in [9.17, 15) is 4.79 Å². The van der Waals surface area contributed by atoms with Crippen LogP contribution in [0.2, 0.25) is 0 Å². The van der Waals surface area contributed by atoms with Crippen LogP contribution in [0.5, 0.6) is 0 Å². The molecule has 3 rings (SSSR count). The number of tetrazole rings is 1. The lowest BCUT2D eigenvalue weighted by atomic mass is 10.0. The van der Waals surface area contributed by atoms with Gasteiger partial charge in [0.25, 0.3) is 0 Å². The van der Waals surface area contributed by atoms with E-state index >= 15 is 0 Å². The zero-order valence-corrected chi connectivity index (χ0v) is 18.4. The maximum absolute atomic E-state index is 12.4. The van der Waals surface area contributed by atoms with Gasteiger partial charge in [-0.2, -0.15) is 4.68 Å². The van der Waals surface area contributed by atoms with Crippen LogP contribution in [0.3, 0.4) is 0 Å². The monoisotopic (exact) mass is 409 g/mol. The molecule has 0 aliphatic carbocycles. The summed E-state index contributed by atoms with van der Waals surface area (Å²) >= 11 is 1.57. The van der Waals surface area contributed by atoms with Crippen LogP contribution in [0.4, 0.5) is 5.69 Å². The maximum Gasteiger partial charge on any atom is 0.224 e. The van der Waals surface area contributed by atoms with E-state index < -0.39 is 0 Å². The minimum Gasteiger partial charge on any atom is -0.326 e. The maximum atomic E-state index is 12.4. The molecule has 0 unspecified atom stereocenters. The molecule has 0 spiro atoms. The SMILES string of the molecule is Cc1cc(C)c(NC(=O)CCCSc2nnnn2-c2cc(C)ccc2C)c(C)c1. The van der Waals surface area contributed by atoms with Crippen LogP contribution in [-0.2, 0) is 4.79 Å². The third-order valence-corrected chi connectivity index (χ3v) is 5.76. The molecule has 1 aromatic heterocycles. The largest absolute Gasteiger partial charge is 0.326 e. The number of aromatic nitrogens is 4. The van der Waals surface area contributed by atoms with E-state index in [0.717, 1.165) is 51.0 Å². The van der Waals surface area contributed by atoms with Crippen molar-refractivity contribution < 1.29 is 4.79 Å². The molecule has 1 N–H and O–H groups in total. The number of hydrogen-bond donors (Lipinski definition) is 1. The third-order valence-electron chi connectivity index (χ3n) is 4.75. The number of nitrogens with one attached hydrogen (secondary N) is 1. The van der Waals surface area contributed by atoms with E-state index in [-0.39, 0.29) is 5.91 Å². The van der Waals surface area contributed by atoms with Gasteiger partial charge in [-0.1, -0.05) is 41.6 Å². The molecule has 7 heteroatoms. The van der Waals surface area contributed by atoms with Crippen molar-refractivity contribution in [1.29, 1.82) is 0 Å². The number of amides is 1. The van der Waals surface area contributed by atoms with Gasteiger partial charge in [0.15, 0.2) is 0 Å². The molecule has 0 atom stereocenters. The van der Waals surface area contributed by atoms with E-state index in [0.29, 0.717) is 6.42 Å². The predicted molar refractivity (Wildman–Crippen MR) is 118 cm³/mol. The van der Waals surface area contributed by atoms with Crippen molar-refractivity contribution in [3.63, 3.8) is 0 Å². The fraction of sp³-hybridized carbons (Fsp3) is 0.364. The number of carbonyl (C=O) groups excluding carboxylic acids is 1. The van der Waals surface area contributed by atoms with Crippen molar-refractivity contribution in [1.82, 2.24) is 20.2 Å². The fourth-order valence-electron chi connectivity index (χ4n) is 3.34. The summed E-state index contributed by atoms with van der Waals surface area (Å²) in [6.45, 7) is 10.2. The van der Waals surface area contributed by atoms with Crippen LogP contribution in [0, 0.1) is 34.6 Å². The number of carbonyl (C=O) groups is 1. The number of hydrogen-bond acceptors (Lipinski definition) is 5. The van der Waals surface area contributed by atoms with Crippen LogP contribution >= 0.6 is 11.8 Å². The second kappa shape index (κ2) is 9.22. The lowest BCUT2D eigenvalue weighted by molar-refractivity contribution is -0.116. The average molecular weight is 410 g/mol. The highest BCUT2D eigenvalue weighted by atomic mass is 32.2. The Balaban J connectivity index is 1.55. The smallest absolute Gasteiger partial charge is 0.224 e. The summed E-state index contributed by atoms with van der Waals surface area (Å²) in [5.41, 5.74) is 7.59. The fourth-order valence-corrected chi connectivity index (χ4v) is 4.17. The highest BCUT2D eigenvalue weighted by molar-refractivity contribution is 7.99. The number of aryl methyl sites for hydroxylation is 5. The van der Waals surface area contributed by atoms with Crippen molar-refractivity contribution in [3.8, 4) is 5.69 Å². The molecular weight excluding hydrogens is 382 g/mol. The van der Waals surface area contributed by atoms with Gasteiger partial charge in [0.2, 0.25) is 11.1 Å². The summed E-state index contributed by atoms with van der Waals surface area (Å²) in [7, 11) is 0. The molecule has 29 heavy (non-hydrogen) atoms. The highest BCUT2D eigenvalue weighted by Crippen LogP contribution is 2.24. The Hall–Kier alpha value is -2.67. The first kappa shape index (κ1) is 21.0. The second-order valence-corrected chi connectivity index (χ2v) is 8.50. The highest BCUT2D eigenvalue weighted by Gasteiger charge is 2.12. The summed E-state index contributed by atoms with van der Waals surface area (Å²) in [6.07, 6.45) is 1.21. The summed E-state index contributed by atoms with van der Waals surface area (Å²) < 4.78 is 1.77.